The number of nitrogens with zero attached hydrogens (tertiary/aromatic N) is 1. The van der Waals surface area contributed by atoms with Crippen LogP contribution in [0.3, 0.4) is 0 Å². The van der Waals surface area contributed by atoms with Crippen LogP contribution in [0, 0.1) is 0 Å². The Morgan fingerprint density at radius 3 is 2.81 bits per heavy atom. The first-order chi connectivity index (χ1) is 9.67. The van der Waals surface area contributed by atoms with E-state index in [1.807, 2.05) is 24.3 Å². The molecule has 0 radical (unpaired) electrons. The van der Waals surface area contributed by atoms with Crippen molar-refractivity contribution in [3.8, 4) is 0 Å². The highest BCUT2D eigenvalue weighted by atomic mass is 35.5. The van der Waals surface area contributed by atoms with Crippen molar-refractivity contribution in [3.05, 3.63) is 34.9 Å². The van der Waals surface area contributed by atoms with Crippen molar-refractivity contribution in [1.82, 2.24) is 10.2 Å². The van der Waals surface area contributed by atoms with Crippen LogP contribution >= 0.6 is 24.0 Å². The van der Waals surface area contributed by atoms with Crippen molar-refractivity contribution in [2.75, 3.05) is 32.8 Å². The first-order valence-electron chi connectivity index (χ1n) is 6.72. The molecular weight excluding hydrogens is 313 g/mol. The maximum absolute atomic E-state index is 11.9. The molecule has 3 N–H and O–H groups in total. The predicted molar refractivity (Wildman–Crippen MR) is 85.8 cm³/mol. The second-order valence-electron chi connectivity index (χ2n) is 4.87. The zero-order valence-corrected chi connectivity index (χ0v) is 13.3. The standard InChI is InChI=1S/C14H20ClN3O2.ClH/c15-12-3-1-11(2-4-12)8-17-14(19)10-18-5-6-20-13(7-16)9-18;/h1-4,13H,5-10,16H2,(H,17,19);1H. The number of morpholine rings is 1. The van der Waals surface area contributed by atoms with Crippen LogP contribution in [-0.4, -0.2) is 49.7 Å². The van der Waals surface area contributed by atoms with E-state index in [1.165, 1.54) is 0 Å². The third-order valence-corrected chi connectivity index (χ3v) is 3.51. The summed E-state index contributed by atoms with van der Waals surface area (Å²) >= 11 is 5.81. The molecule has 1 saturated heterocycles. The van der Waals surface area contributed by atoms with Crippen LogP contribution in [0.15, 0.2) is 24.3 Å². The molecule has 7 heteroatoms. The fourth-order valence-corrected chi connectivity index (χ4v) is 2.25. The molecule has 2 rings (SSSR count). The lowest BCUT2D eigenvalue weighted by atomic mass is 10.2. The number of hydrogen-bond donors (Lipinski definition) is 2. The first kappa shape index (κ1) is 18.2. The summed E-state index contributed by atoms with van der Waals surface area (Å²) in [5.41, 5.74) is 6.61. The van der Waals surface area contributed by atoms with Crippen LogP contribution < -0.4 is 11.1 Å². The summed E-state index contributed by atoms with van der Waals surface area (Å²) in [6, 6.07) is 7.44. The Morgan fingerprint density at radius 1 is 1.43 bits per heavy atom. The van der Waals surface area contributed by atoms with Gasteiger partial charge in [-0.15, -0.1) is 12.4 Å². The molecule has 0 spiro atoms. The summed E-state index contributed by atoms with van der Waals surface area (Å²) in [6.45, 7) is 3.50. The Kier molecular flexibility index (Phi) is 8.00. The van der Waals surface area contributed by atoms with Crippen molar-refractivity contribution in [1.29, 1.82) is 0 Å². The van der Waals surface area contributed by atoms with Crippen molar-refractivity contribution in [2.45, 2.75) is 12.6 Å². The number of hydrogen-bond acceptors (Lipinski definition) is 4. The Morgan fingerprint density at radius 2 is 2.14 bits per heavy atom. The van der Waals surface area contributed by atoms with Gasteiger partial charge in [-0.1, -0.05) is 23.7 Å². The lowest BCUT2D eigenvalue weighted by molar-refractivity contribution is -0.124. The minimum Gasteiger partial charge on any atom is -0.374 e. The number of ether oxygens (including phenoxy) is 1. The number of nitrogens with two attached hydrogens (primary N) is 1. The van der Waals surface area contributed by atoms with Crippen molar-refractivity contribution >= 4 is 29.9 Å². The Bertz CT molecular complexity index is 442. The Balaban J connectivity index is 0.00000220. The first-order valence-corrected chi connectivity index (χ1v) is 7.10. The van der Waals surface area contributed by atoms with Gasteiger partial charge in [0.1, 0.15) is 0 Å². The number of benzene rings is 1. The summed E-state index contributed by atoms with van der Waals surface area (Å²) in [4.78, 5) is 14.0. The molecule has 0 aliphatic carbocycles. The summed E-state index contributed by atoms with van der Waals surface area (Å²) in [7, 11) is 0. The van der Waals surface area contributed by atoms with Gasteiger partial charge in [0.05, 0.1) is 19.3 Å². The van der Waals surface area contributed by atoms with Gasteiger partial charge in [0.2, 0.25) is 5.91 Å². The van der Waals surface area contributed by atoms with Crippen LogP contribution in [0.25, 0.3) is 0 Å². The molecule has 118 valence electrons. The van der Waals surface area contributed by atoms with E-state index >= 15 is 0 Å². The largest absolute Gasteiger partial charge is 0.374 e. The molecule has 0 aromatic heterocycles. The minimum atomic E-state index is 0. The second kappa shape index (κ2) is 9.23. The average molecular weight is 334 g/mol. The van der Waals surface area contributed by atoms with Gasteiger partial charge in [-0.25, -0.2) is 0 Å². The van der Waals surface area contributed by atoms with Gasteiger partial charge in [-0.05, 0) is 17.7 Å². The van der Waals surface area contributed by atoms with Crippen LogP contribution in [0.5, 0.6) is 0 Å². The maximum Gasteiger partial charge on any atom is 0.234 e. The van der Waals surface area contributed by atoms with E-state index in [2.05, 4.69) is 10.2 Å². The molecule has 1 amide bonds. The fourth-order valence-electron chi connectivity index (χ4n) is 2.13. The third kappa shape index (κ3) is 6.20. The maximum atomic E-state index is 11.9. The molecule has 1 aromatic rings. The fraction of sp³-hybridized carbons (Fsp3) is 0.500. The number of amides is 1. The van der Waals surface area contributed by atoms with E-state index in [0.717, 1.165) is 12.1 Å². The SMILES string of the molecule is Cl.NCC1CN(CC(=O)NCc2ccc(Cl)cc2)CCO1. The lowest BCUT2D eigenvalue weighted by Gasteiger charge is -2.31. The molecule has 1 aliphatic rings. The van der Waals surface area contributed by atoms with Crippen LogP contribution in [0.1, 0.15) is 5.56 Å². The zero-order valence-electron chi connectivity index (χ0n) is 11.8. The van der Waals surface area contributed by atoms with E-state index in [-0.39, 0.29) is 24.4 Å². The molecular formula is C14H21Cl2N3O2. The highest BCUT2D eigenvalue weighted by Crippen LogP contribution is 2.09. The molecule has 1 atom stereocenters. The van der Waals surface area contributed by atoms with Crippen LogP contribution in [0.4, 0.5) is 0 Å². The summed E-state index contributed by atoms with van der Waals surface area (Å²) < 4.78 is 5.47. The highest BCUT2D eigenvalue weighted by Gasteiger charge is 2.20. The quantitative estimate of drug-likeness (QED) is 0.844. The van der Waals surface area contributed by atoms with Gasteiger partial charge >= 0.3 is 0 Å². The smallest absolute Gasteiger partial charge is 0.234 e. The minimum absolute atomic E-state index is 0. The molecule has 1 fully saturated rings. The Labute approximate surface area is 136 Å². The number of halogens is 2. The second-order valence-corrected chi connectivity index (χ2v) is 5.30. The molecule has 1 heterocycles. The highest BCUT2D eigenvalue weighted by molar-refractivity contribution is 6.30. The zero-order chi connectivity index (χ0) is 14.4. The number of carbonyl (C=O) groups is 1. The van der Waals surface area contributed by atoms with E-state index in [1.54, 1.807) is 0 Å². The third-order valence-electron chi connectivity index (χ3n) is 3.26. The topological polar surface area (TPSA) is 67.6 Å². The predicted octanol–water partition coefficient (Wildman–Crippen LogP) is 1.04. The van der Waals surface area contributed by atoms with Crippen molar-refractivity contribution in [2.24, 2.45) is 5.73 Å². The van der Waals surface area contributed by atoms with Crippen LogP contribution in [-0.2, 0) is 16.1 Å². The van der Waals surface area contributed by atoms with Crippen LogP contribution in [0.2, 0.25) is 5.02 Å². The summed E-state index contributed by atoms with van der Waals surface area (Å²) in [6.07, 6.45) is 0.0350. The molecule has 5 nitrogen and oxygen atoms in total. The Hall–Kier alpha value is -0.850. The summed E-state index contributed by atoms with van der Waals surface area (Å²) in [5, 5.41) is 3.60. The van der Waals surface area contributed by atoms with Crippen molar-refractivity contribution in [3.63, 3.8) is 0 Å². The van der Waals surface area contributed by atoms with Gasteiger partial charge in [0.15, 0.2) is 0 Å². The van der Waals surface area contributed by atoms with Crippen molar-refractivity contribution < 1.29 is 9.53 Å². The van der Waals surface area contributed by atoms with Gasteiger partial charge in [-0.2, -0.15) is 0 Å². The number of carbonyl (C=O) groups excluding carboxylic acids is 1. The van der Waals surface area contributed by atoms with E-state index in [0.29, 0.717) is 37.8 Å². The van der Waals surface area contributed by atoms with Gasteiger partial charge in [0.25, 0.3) is 0 Å². The monoisotopic (exact) mass is 333 g/mol. The molecule has 1 aliphatic heterocycles. The molecule has 1 unspecified atom stereocenters. The molecule has 0 saturated carbocycles. The molecule has 0 bridgehead atoms. The molecule has 21 heavy (non-hydrogen) atoms. The summed E-state index contributed by atoms with van der Waals surface area (Å²) in [5.74, 6) is 0.0117. The number of rotatable bonds is 5. The normalized spacial score (nSPS) is 18.9. The van der Waals surface area contributed by atoms with E-state index < -0.39 is 0 Å². The number of nitrogens with one attached hydrogen (secondary N) is 1. The van der Waals surface area contributed by atoms with Gasteiger partial charge < -0.3 is 15.8 Å². The average Bonchev–Trinajstić information content (AvgIpc) is 2.47. The van der Waals surface area contributed by atoms with E-state index in [4.69, 9.17) is 22.1 Å². The van der Waals surface area contributed by atoms with Gasteiger partial charge in [-0.3, -0.25) is 9.69 Å². The van der Waals surface area contributed by atoms with E-state index in [9.17, 15) is 4.79 Å². The molecule has 1 aromatic carbocycles. The lowest BCUT2D eigenvalue weighted by Crippen LogP contribution is -2.48. The van der Waals surface area contributed by atoms with Gasteiger partial charge in [0, 0.05) is 31.2 Å².